The van der Waals surface area contributed by atoms with Crippen molar-refractivity contribution in [2.24, 2.45) is 5.92 Å². The van der Waals surface area contributed by atoms with Gasteiger partial charge in [-0.05, 0) is 24.8 Å². The highest BCUT2D eigenvalue weighted by Crippen LogP contribution is 2.28. The quantitative estimate of drug-likeness (QED) is 0.925. The summed E-state index contributed by atoms with van der Waals surface area (Å²) < 4.78 is 26.3. The monoisotopic (exact) mass is 303 g/mol. The van der Waals surface area contributed by atoms with Crippen LogP contribution in [0.1, 0.15) is 36.5 Å². The zero-order valence-electron chi connectivity index (χ0n) is 10.7. The molecule has 0 saturated carbocycles. The van der Waals surface area contributed by atoms with Gasteiger partial charge in [-0.1, -0.05) is 13.3 Å². The van der Waals surface area contributed by atoms with Crippen molar-refractivity contribution in [3.05, 3.63) is 17.0 Å². The predicted molar refractivity (Wildman–Crippen MR) is 73.1 cm³/mol. The number of carbonyl (C=O) groups is 1. The molecule has 5 nitrogen and oxygen atoms in total. The van der Waals surface area contributed by atoms with Gasteiger partial charge < -0.3 is 5.11 Å². The number of aromatic carboxylic acids is 1. The van der Waals surface area contributed by atoms with E-state index in [1.807, 2.05) is 0 Å². The third-order valence-electron chi connectivity index (χ3n) is 3.57. The van der Waals surface area contributed by atoms with Gasteiger partial charge in [-0.2, -0.15) is 4.31 Å². The second-order valence-electron chi connectivity index (χ2n) is 4.72. The van der Waals surface area contributed by atoms with Crippen LogP contribution in [0.3, 0.4) is 0 Å². The van der Waals surface area contributed by atoms with Crippen molar-refractivity contribution >= 4 is 27.3 Å². The lowest BCUT2D eigenvalue weighted by Gasteiger charge is -2.30. The minimum Gasteiger partial charge on any atom is -0.478 e. The summed E-state index contributed by atoms with van der Waals surface area (Å²) in [4.78, 5) is 10.8. The van der Waals surface area contributed by atoms with Crippen molar-refractivity contribution in [2.75, 3.05) is 13.1 Å². The first-order chi connectivity index (χ1) is 8.95. The normalized spacial score (nSPS) is 18.6. The number of carboxylic acid groups (broad SMARTS) is 1. The molecule has 0 spiro atoms. The fourth-order valence-corrected chi connectivity index (χ4v) is 5.02. The smallest absolute Gasteiger partial charge is 0.336 e. The molecule has 1 aromatic heterocycles. The first-order valence-corrected chi connectivity index (χ1v) is 8.59. The Hall–Kier alpha value is -0.920. The van der Waals surface area contributed by atoms with Gasteiger partial charge in [0, 0.05) is 18.5 Å². The molecule has 0 aromatic carbocycles. The summed E-state index contributed by atoms with van der Waals surface area (Å²) in [6.07, 6.45) is 2.84. The van der Waals surface area contributed by atoms with Gasteiger partial charge >= 0.3 is 5.97 Å². The molecule has 0 atom stereocenters. The Labute approximate surface area is 116 Å². The van der Waals surface area contributed by atoms with Crippen LogP contribution in [0.15, 0.2) is 15.7 Å². The Kier molecular flexibility index (Phi) is 4.27. The largest absolute Gasteiger partial charge is 0.478 e. The molecule has 2 heterocycles. The summed E-state index contributed by atoms with van der Waals surface area (Å²) in [6, 6.07) is 1.24. The second kappa shape index (κ2) is 5.60. The molecule has 1 saturated heterocycles. The van der Waals surface area contributed by atoms with E-state index in [2.05, 4.69) is 6.92 Å². The summed E-state index contributed by atoms with van der Waals surface area (Å²) >= 11 is 0.975. The van der Waals surface area contributed by atoms with Crippen LogP contribution in [-0.2, 0) is 10.0 Å². The number of rotatable bonds is 4. The van der Waals surface area contributed by atoms with Gasteiger partial charge in [0.15, 0.2) is 0 Å². The number of hydrogen-bond acceptors (Lipinski definition) is 4. The number of thiophene rings is 1. The molecule has 1 aliphatic rings. The lowest BCUT2D eigenvalue weighted by molar-refractivity contribution is 0.0697. The molecule has 0 bridgehead atoms. The molecule has 7 heteroatoms. The van der Waals surface area contributed by atoms with Gasteiger partial charge in [0.2, 0.25) is 0 Å². The lowest BCUT2D eigenvalue weighted by Crippen LogP contribution is -2.38. The first-order valence-electron chi connectivity index (χ1n) is 6.27. The minimum atomic E-state index is -3.52. The van der Waals surface area contributed by atoms with Crippen LogP contribution in [0.5, 0.6) is 0 Å². The number of nitrogens with zero attached hydrogens (tertiary/aromatic N) is 1. The van der Waals surface area contributed by atoms with E-state index >= 15 is 0 Å². The molecular formula is C12H17NO4S2. The van der Waals surface area contributed by atoms with E-state index in [0.717, 1.165) is 30.6 Å². The van der Waals surface area contributed by atoms with E-state index in [1.165, 1.54) is 15.8 Å². The second-order valence-corrected chi connectivity index (χ2v) is 7.79. The Morgan fingerprint density at radius 2 is 2.11 bits per heavy atom. The SMILES string of the molecule is CCC1CCN(S(=O)(=O)c2cc(C(=O)O)cs2)CC1. The van der Waals surface area contributed by atoms with Crippen molar-refractivity contribution < 1.29 is 18.3 Å². The van der Waals surface area contributed by atoms with Gasteiger partial charge in [0.05, 0.1) is 5.56 Å². The molecule has 0 unspecified atom stereocenters. The highest BCUT2D eigenvalue weighted by Gasteiger charge is 2.30. The maximum absolute atomic E-state index is 12.4. The molecule has 106 valence electrons. The average Bonchev–Trinajstić information content (AvgIpc) is 2.89. The molecule has 0 amide bonds. The molecule has 1 aromatic rings. The molecular weight excluding hydrogens is 286 g/mol. The maximum atomic E-state index is 12.4. The average molecular weight is 303 g/mol. The fraction of sp³-hybridized carbons (Fsp3) is 0.583. The summed E-state index contributed by atoms with van der Waals surface area (Å²) in [5, 5.41) is 10.2. The van der Waals surface area contributed by atoms with Gasteiger partial charge in [0.25, 0.3) is 10.0 Å². The van der Waals surface area contributed by atoms with Gasteiger partial charge in [-0.3, -0.25) is 0 Å². The van der Waals surface area contributed by atoms with Crippen molar-refractivity contribution in [1.29, 1.82) is 0 Å². The van der Waals surface area contributed by atoms with Crippen LogP contribution in [0.4, 0.5) is 0 Å². The van der Waals surface area contributed by atoms with Crippen LogP contribution >= 0.6 is 11.3 Å². The highest BCUT2D eigenvalue weighted by atomic mass is 32.2. The van der Waals surface area contributed by atoms with Crippen molar-refractivity contribution in [3.8, 4) is 0 Å². The van der Waals surface area contributed by atoms with E-state index in [0.29, 0.717) is 19.0 Å². The summed E-state index contributed by atoms with van der Waals surface area (Å²) in [5.74, 6) is -0.494. The first kappa shape index (κ1) is 14.5. The fourth-order valence-electron chi connectivity index (χ4n) is 2.25. The third-order valence-corrected chi connectivity index (χ3v) is 6.88. The maximum Gasteiger partial charge on any atom is 0.336 e. The van der Waals surface area contributed by atoms with Crippen LogP contribution in [0.25, 0.3) is 0 Å². The molecule has 1 aliphatic heterocycles. The molecule has 0 radical (unpaired) electrons. The zero-order chi connectivity index (χ0) is 14.0. The van der Waals surface area contributed by atoms with Gasteiger partial charge in [-0.25, -0.2) is 13.2 Å². The zero-order valence-corrected chi connectivity index (χ0v) is 12.3. The highest BCUT2D eigenvalue weighted by molar-refractivity contribution is 7.91. The van der Waals surface area contributed by atoms with Crippen molar-refractivity contribution in [2.45, 2.75) is 30.4 Å². The van der Waals surface area contributed by atoms with E-state index in [1.54, 1.807) is 0 Å². The van der Waals surface area contributed by atoms with Gasteiger partial charge in [-0.15, -0.1) is 11.3 Å². The van der Waals surface area contributed by atoms with E-state index in [-0.39, 0.29) is 9.77 Å². The van der Waals surface area contributed by atoms with E-state index < -0.39 is 16.0 Å². The Morgan fingerprint density at radius 3 is 2.58 bits per heavy atom. The predicted octanol–water partition coefficient (Wildman–Crippen LogP) is 2.26. The summed E-state index contributed by atoms with van der Waals surface area (Å²) in [7, 11) is -3.52. The third kappa shape index (κ3) is 2.98. The molecule has 1 fully saturated rings. The van der Waals surface area contributed by atoms with Crippen LogP contribution in [0, 0.1) is 5.92 Å². The molecule has 2 rings (SSSR count). The lowest BCUT2D eigenvalue weighted by atomic mass is 9.96. The summed E-state index contributed by atoms with van der Waals surface area (Å²) in [5.41, 5.74) is 0.0343. The van der Waals surface area contributed by atoms with E-state index in [9.17, 15) is 13.2 Å². The van der Waals surface area contributed by atoms with Gasteiger partial charge in [0.1, 0.15) is 4.21 Å². The Bertz CT molecular complexity index is 556. The minimum absolute atomic E-state index is 0.0343. The van der Waals surface area contributed by atoms with E-state index in [4.69, 9.17) is 5.11 Å². The molecule has 1 N–H and O–H groups in total. The topological polar surface area (TPSA) is 74.7 Å². The standard InChI is InChI=1S/C12H17NO4S2/c1-2-9-3-5-13(6-4-9)19(16,17)11-7-10(8-18-11)12(14)15/h7-9H,2-6H2,1H3,(H,14,15). The summed E-state index contributed by atoms with van der Waals surface area (Å²) in [6.45, 7) is 3.18. The number of piperidine rings is 1. The Balaban J connectivity index is 2.16. The van der Waals surface area contributed by atoms with Crippen molar-refractivity contribution in [3.63, 3.8) is 0 Å². The van der Waals surface area contributed by atoms with Crippen LogP contribution < -0.4 is 0 Å². The number of carboxylic acids is 1. The molecule has 19 heavy (non-hydrogen) atoms. The molecule has 0 aliphatic carbocycles. The Morgan fingerprint density at radius 1 is 1.47 bits per heavy atom. The van der Waals surface area contributed by atoms with Crippen LogP contribution in [-0.4, -0.2) is 36.9 Å². The number of hydrogen-bond donors (Lipinski definition) is 1. The van der Waals surface area contributed by atoms with Crippen LogP contribution in [0.2, 0.25) is 0 Å². The van der Waals surface area contributed by atoms with Crippen molar-refractivity contribution in [1.82, 2.24) is 4.31 Å². The number of sulfonamides is 1.